The first-order valence-corrected chi connectivity index (χ1v) is 7.55. The number of amides is 1. The maximum atomic E-state index is 12.8. The summed E-state index contributed by atoms with van der Waals surface area (Å²) in [6.45, 7) is 3.12. The molecule has 8 heteroatoms. The molecule has 1 fully saturated rings. The number of benzene rings is 1. The monoisotopic (exact) mass is 330 g/mol. The zero-order chi connectivity index (χ0) is 15.9. The van der Waals surface area contributed by atoms with E-state index in [-0.39, 0.29) is 23.0 Å². The van der Waals surface area contributed by atoms with Crippen molar-refractivity contribution < 1.29 is 22.7 Å². The number of para-hydroxylation sites is 1. The summed E-state index contributed by atoms with van der Waals surface area (Å²) in [7, 11) is 0. The highest BCUT2D eigenvalue weighted by Gasteiger charge is 2.36. The summed E-state index contributed by atoms with van der Waals surface area (Å²) in [6, 6.07) is 4.53. The number of aromatic nitrogens is 1. The zero-order valence-corrected chi connectivity index (χ0v) is 12.5. The number of nitrogens with zero attached hydrogens (tertiary/aromatic N) is 2. The second kappa shape index (κ2) is 5.51. The Kier molecular flexibility index (Phi) is 3.82. The molecule has 1 aromatic carbocycles. The first-order chi connectivity index (χ1) is 10.4. The number of carbonyl (C=O) groups excluding carboxylic acids is 1. The van der Waals surface area contributed by atoms with Gasteiger partial charge < -0.3 is 9.64 Å². The predicted octanol–water partition coefficient (Wildman–Crippen LogP) is 3.18. The number of fused-ring (bicyclic) bond motifs is 1. The average Bonchev–Trinajstić information content (AvgIpc) is 2.91. The Morgan fingerprint density at radius 2 is 2.23 bits per heavy atom. The molecule has 1 saturated heterocycles. The van der Waals surface area contributed by atoms with E-state index in [1.165, 1.54) is 6.07 Å². The maximum absolute atomic E-state index is 12.8. The van der Waals surface area contributed by atoms with Gasteiger partial charge in [-0.1, -0.05) is 6.07 Å². The van der Waals surface area contributed by atoms with Gasteiger partial charge in [0, 0.05) is 6.54 Å². The largest absolute Gasteiger partial charge is 0.443 e. The van der Waals surface area contributed by atoms with Gasteiger partial charge in [-0.15, -0.1) is 11.3 Å². The quantitative estimate of drug-likeness (QED) is 0.806. The molecule has 0 spiro atoms. The van der Waals surface area contributed by atoms with E-state index in [1.807, 2.05) is 6.92 Å². The molecule has 22 heavy (non-hydrogen) atoms. The number of ether oxygens (including phenoxy) is 1. The third-order valence-corrected chi connectivity index (χ3v) is 4.59. The van der Waals surface area contributed by atoms with Crippen LogP contribution in [0.5, 0.6) is 0 Å². The van der Waals surface area contributed by atoms with Crippen molar-refractivity contribution in [3.63, 3.8) is 0 Å². The number of halogens is 3. The third-order valence-electron chi connectivity index (χ3n) is 3.52. The summed E-state index contributed by atoms with van der Waals surface area (Å²) in [6.07, 6.45) is -4.50. The lowest BCUT2D eigenvalue weighted by Gasteiger charge is -2.33. The van der Waals surface area contributed by atoms with Gasteiger partial charge in [-0.05, 0) is 19.1 Å². The van der Waals surface area contributed by atoms with Crippen LogP contribution in [0.4, 0.5) is 13.2 Å². The van der Waals surface area contributed by atoms with Crippen LogP contribution in [0.25, 0.3) is 10.2 Å². The van der Waals surface area contributed by atoms with Crippen LogP contribution in [0, 0.1) is 0 Å². The number of hydrogen-bond donors (Lipinski definition) is 0. The Balaban J connectivity index is 2.03. The van der Waals surface area contributed by atoms with Crippen LogP contribution in [0.3, 0.4) is 0 Å². The molecule has 1 amide bonds. The molecule has 0 bridgehead atoms. The Morgan fingerprint density at radius 1 is 1.45 bits per heavy atom. The average molecular weight is 330 g/mol. The van der Waals surface area contributed by atoms with Crippen molar-refractivity contribution in [2.24, 2.45) is 0 Å². The summed E-state index contributed by atoms with van der Waals surface area (Å²) >= 11 is 0.552. The molecule has 1 aliphatic heterocycles. The number of hydrogen-bond acceptors (Lipinski definition) is 4. The fraction of sp³-hybridized carbons (Fsp3) is 0.429. The molecular formula is C14H13F3N2O2S. The van der Waals surface area contributed by atoms with Gasteiger partial charge in [-0.3, -0.25) is 4.79 Å². The van der Waals surface area contributed by atoms with E-state index in [2.05, 4.69) is 4.98 Å². The van der Waals surface area contributed by atoms with Crippen molar-refractivity contribution in [1.82, 2.24) is 9.88 Å². The van der Waals surface area contributed by atoms with Crippen molar-refractivity contribution in [1.29, 1.82) is 0 Å². The van der Waals surface area contributed by atoms with Gasteiger partial charge in [-0.25, -0.2) is 4.98 Å². The van der Waals surface area contributed by atoms with Gasteiger partial charge >= 0.3 is 6.18 Å². The number of thiazole rings is 1. The standard InChI is InChI=1S/C14H13F3N2O2S/c1-8-7-21-6-5-19(8)12(20)9-3-2-4-10-11(9)18-13(22-10)14(15,16)17/h2-4,8H,5-7H2,1H3/t8-/m0/s1. The van der Waals surface area contributed by atoms with Crippen LogP contribution in [-0.2, 0) is 10.9 Å². The molecule has 0 radical (unpaired) electrons. The predicted molar refractivity (Wildman–Crippen MR) is 75.9 cm³/mol. The SMILES string of the molecule is C[C@H]1COCCN1C(=O)c1cccc2sc(C(F)(F)F)nc12. The molecule has 1 aromatic heterocycles. The molecule has 0 N–H and O–H groups in total. The Labute approximate surface area is 128 Å². The smallest absolute Gasteiger partial charge is 0.377 e. The normalized spacial score (nSPS) is 19.6. The Hall–Kier alpha value is -1.67. The minimum atomic E-state index is -4.50. The lowest BCUT2D eigenvalue weighted by Crippen LogP contribution is -2.47. The van der Waals surface area contributed by atoms with E-state index in [0.717, 1.165) is 0 Å². The van der Waals surface area contributed by atoms with E-state index in [1.54, 1.807) is 17.0 Å². The Morgan fingerprint density at radius 3 is 2.91 bits per heavy atom. The summed E-state index contributed by atoms with van der Waals surface area (Å²) < 4.78 is 44.1. The first kappa shape index (κ1) is 15.2. The van der Waals surface area contributed by atoms with Crippen molar-refractivity contribution in [2.45, 2.75) is 19.1 Å². The highest BCUT2D eigenvalue weighted by Crippen LogP contribution is 2.36. The van der Waals surface area contributed by atoms with E-state index in [0.29, 0.717) is 35.8 Å². The van der Waals surface area contributed by atoms with Gasteiger partial charge in [0.2, 0.25) is 0 Å². The van der Waals surface area contributed by atoms with Crippen LogP contribution in [0.1, 0.15) is 22.3 Å². The number of rotatable bonds is 1. The van der Waals surface area contributed by atoms with Gasteiger partial charge in [0.15, 0.2) is 5.01 Å². The maximum Gasteiger partial charge on any atom is 0.443 e. The fourth-order valence-corrected chi connectivity index (χ4v) is 3.29. The topological polar surface area (TPSA) is 42.4 Å². The molecule has 3 rings (SSSR count). The summed E-state index contributed by atoms with van der Waals surface area (Å²) in [5.41, 5.74) is 0.321. The molecule has 0 unspecified atom stereocenters. The number of carbonyl (C=O) groups is 1. The summed E-state index contributed by atoms with van der Waals surface area (Å²) in [5, 5.41) is -0.933. The lowest BCUT2D eigenvalue weighted by atomic mass is 10.1. The van der Waals surface area contributed by atoms with Crippen LogP contribution in [0.15, 0.2) is 18.2 Å². The number of morpholine rings is 1. The van der Waals surface area contributed by atoms with Crippen molar-refractivity contribution in [3.8, 4) is 0 Å². The minimum absolute atomic E-state index is 0.114. The van der Waals surface area contributed by atoms with Crippen LogP contribution in [0.2, 0.25) is 0 Å². The molecule has 118 valence electrons. The van der Waals surface area contributed by atoms with Gasteiger partial charge in [0.25, 0.3) is 5.91 Å². The van der Waals surface area contributed by atoms with Gasteiger partial charge in [-0.2, -0.15) is 13.2 Å². The second-order valence-electron chi connectivity index (χ2n) is 5.09. The van der Waals surface area contributed by atoms with Crippen molar-refractivity contribution in [3.05, 3.63) is 28.8 Å². The van der Waals surface area contributed by atoms with Gasteiger partial charge in [0.05, 0.1) is 35.0 Å². The minimum Gasteiger partial charge on any atom is -0.377 e. The zero-order valence-electron chi connectivity index (χ0n) is 11.7. The van der Waals surface area contributed by atoms with Crippen molar-refractivity contribution in [2.75, 3.05) is 19.8 Å². The van der Waals surface area contributed by atoms with E-state index >= 15 is 0 Å². The van der Waals surface area contributed by atoms with Crippen LogP contribution < -0.4 is 0 Å². The van der Waals surface area contributed by atoms with Crippen LogP contribution in [-0.4, -0.2) is 41.6 Å². The van der Waals surface area contributed by atoms with Crippen LogP contribution >= 0.6 is 11.3 Å². The van der Waals surface area contributed by atoms with E-state index in [9.17, 15) is 18.0 Å². The number of alkyl halides is 3. The molecule has 0 aliphatic carbocycles. The summed E-state index contributed by atoms with van der Waals surface area (Å²) in [4.78, 5) is 17.9. The van der Waals surface area contributed by atoms with Gasteiger partial charge in [0.1, 0.15) is 0 Å². The molecule has 0 saturated carbocycles. The second-order valence-corrected chi connectivity index (χ2v) is 6.12. The van der Waals surface area contributed by atoms with Crippen molar-refractivity contribution >= 4 is 27.5 Å². The first-order valence-electron chi connectivity index (χ1n) is 6.73. The van der Waals surface area contributed by atoms with E-state index < -0.39 is 11.2 Å². The molecule has 4 nitrogen and oxygen atoms in total. The fourth-order valence-electron chi connectivity index (χ4n) is 2.43. The lowest BCUT2D eigenvalue weighted by molar-refractivity contribution is -0.137. The molecule has 2 aromatic rings. The third kappa shape index (κ3) is 2.68. The highest BCUT2D eigenvalue weighted by molar-refractivity contribution is 7.18. The summed E-state index contributed by atoms with van der Waals surface area (Å²) in [5.74, 6) is -0.305. The highest BCUT2D eigenvalue weighted by atomic mass is 32.1. The molecule has 2 heterocycles. The molecule has 1 aliphatic rings. The molecule has 1 atom stereocenters. The van der Waals surface area contributed by atoms with E-state index in [4.69, 9.17) is 4.74 Å². The Bertz CT molecular complexity index is 714. The molecular weight excluding hydrogens is 317 g/mol.